The van der Waals surface area contributed by atoms with Crippen LogP contribution >= 0.6 is 0 Å². The summed E-state index contributed by atoms with van der Waals surface area (Å²) in [5.74, 6) is 0.983. The highest BCUT2D eigenvalue weighted by Gasteiger charge is 2.21. The van der Waals surface area contributed by atoms with Crippen molar-refractivity contribution in [3.05, 3.63) is 29.8 Å². The van der Waals surface area contributed by atoms with Gasteiger partial charge in [-0.1, -0.05) is 31.0 Å². The smallest absolute Gasteiger partial charge is 0.123 e. The van der Waals surface area contributed by atoms with Crippen LogP contribution in [0.4, 0.5) is 0 Å². The number of aliphatic hydroxyl groups excluding tert-OH is 1. The van der Waals surface area contributed by atoms with E-state index >= 15 is 0 Å². The summed E-state index contributed by atoms with van der Waals surface area (Å²) in [6.45, 7) is 7.48. The fraction of sp³-hybridized carbons (Fsp3) is 0.700. The van der Waals surface area contributed by atoms with Gasteiger partial charge >= 0.3 is 0 Å². The second-order valence-electron chi connectivity index (χ2n) is 7.07. The number of rotatable bonds is 7. The van der Waals surface area contributed by atoms with E-state index in [0.29, 0.717) is 6.61 Å². The van der Waals surface area contributed by atoms with Crippen LogP contribution < -0.4 is 4.74 Å². The number of hydrogen-bond acceptors (Lipinski definition) is 5. The molecule has 0 bridgehead atoms. The van der Waals surface area contributed by atoms with Crippen LogP contribution in [0.3, 0.4) is 0 Å². The molecule has 1 N–H and O–H groups in total. The molecule has 140 valence electrons. The summed E-state index contributed by atoms with van der Waals surface area (Å²) in [6, 6.07) is 8.63. The Bertz CT molecular complexity index is 505. The topological polar surface area (TPSA) is 45.2 Å². The highest BCUT2D eigenvalue weighted by Crippen LogP contribution is 2.24. The number of benzene rings is 1. The van der Waals surface area contributed by atoms with Gasteiger partial charge in [0.1, 0.15) is 12.4 Å². The van der Waals surface area contributed by atoms with Crippen LogP contribution in [0.15, 0.2) is 24.3 Å². The van der Waals surface area contributed by atoms with E-state index in [-0.39, 0.29) is 12.6 Å². The Hall–Kier alpha value is -1.14. The third-order valence-corrected chi connectivity index (χ3v) is 5.32. The number of morpholine rings is 1. The maximum atomic E-state index is 9.73. The minimum atomic E-state index is 0.250. The van der Waals surface area contributed by atoms with Gasteiger partial charge < -0.3 is 14.6 Å². The molecule has 0 aromatic heterocycles. The van der Waals surface area contributed by atoms with Gasteiger partial charge in [-0.25, -0.2) is 0 Å². The molecule has 1 aromatic rings. The van der Waals surface area contributed by atoms with Crippen LogP contribution in [0.25, 0.3) is 0 Å². The van der Waals surface area contributed by atoms with Gasteiger partial charge in [-0.3, -0.25) is 9.80 Å². The van der Waals surface area contributed by atoms with Gasteiger partial charge in [0.2, 0.25) is 0 Å². The van der Waals surface area contributed by atoms with E-state index in [1.807, 2.05) is 6.07 Å². The highest BCUT2D eigenvalue weighted by atomic mass is 16.5. The zero-order valence-corrected chi connectivity index (χ0v) is 15.2. The van der Waals surface area contributed by atoms with Crippen molar-refractivity contribution < 1.29 is 14.6 Å². The molecule has 25 heavy (non-hydrogen) atoms. The fourth-order valence-electron chi connectivity index (χ4n) is 3.76. The van der Waals surface area contributed by atoms with Gasteiger partial charge in [0.05, 0.1) is 19.8 Å². The summed E-state index contributed by atoms with van der Waals surface area (Å²) in [4.78, 5) is 4.82. The lowest BCUT2D eigenvalue weighted by Crippen LogP contribution is -2.39. The van der Waals surface area contributed by atoms with Gasteiger partial charge in [0, 0.05) is 37.8 Å². The largest absolute Gasteiger partial charge is 0.492 e. The number of ether oxygens (including phenoxy) is 2. The van der Waals surface area contributed by atoms with Crippen molar-refractivity contribution in [2.24, 2.45) is 0 Å². The first kappa shape index (κ1) is 18.6. The summed E-state index contributed by atoms with van der Waals surface area (Å²) < 4.78 is 11.5. The normalized spacial score (nSPS) is 23.3. The first-order valence-electron chi connectivity index (χ1n) is 9.72. The Balaban J connectivity index is 1.56. The van der Waals surface area contributed by atoms with Crippen LogP contribution in [0, 0.1) is 0 Å². The minimum Gasteiger partial charge on any atom is -0.492 e. The Morgan fingerprint density at radius 3 is 2.76 bits per heavy atom. The van der Waals surface area contributed by atoms with Crippen molar-refractivity contribution >= 4 is 0 Å². The van der Waals surface area contributed by atoms with E-state index in [1.165, 1.54) is 24.8 Å². The van der Waals surface area contributed by atoms with E-state index in [2.05, 4.69) is 28.0 Å². The van der Waals surface area contributed by atoms with Gasteiger partial charge in [-0.2, -0.15) is 0 Å². The molecule has 1 atom stereocenters. The quantitative estimate of drug-likeness (QED) is 0.818. The molecule has 2 heterocycles. The van der Waals surface area contributed by atoms with Crippen LogP contribution in [0.2, 0.25) is 0 Å². The second kappa shape index (κ2) is 10.1. The molecular formula is C20H32N2O3. The van der Waals surface area contributed by atoms with Crippen LogP contribution in [0.1, 0.15) is 31.2 Å². The monoisotopic (exact) mass is 348 g/mol. The number of hydrogen-bond donors (Lipinski definition) is 1. The van der Waals surface area contributed by atoms with E-state index in [0.717, 1.165) is 58.1 Å². The molecule has 2 saturated heterocycles. The lowest BCUT2D eigenvalue weighted by molar-refractivity contribution is 0.0321. The van der Waals surface area contributed by atoms with Gasteiger partial charge in [0.15, 0.2) is 0 Å². The molecule has 1 aromatic carbocycles. The summed E-state index contributed by atoms with van der Waals surface area (Å²) in [7, 11) is 0. The van der Waals surface area contributed by atoms with E-state index in [4.69, 9.17) is 9.47 Å². The molecule has 0 unspecified atom stereocenters. The number of aliphatic hydroxyl groups is 1. The van der Waals surface area contributed by atoms with E-state index < -0.39 is 0 Å². The van der Waals surface area contributed by atoms with Gasteiger partial charge in [-0.05, 0) is 25.5 Å². The van der Waals surface area contributed by atoms with Crippen molar-refractivity contribution in [1.29, 1.82) is 0 Å². The predicted molar refractivity (Wildman–Crippen MR) is 98.9 cm³/mol. The van der Waals surface area contributed by atoms with Crippen molar-refractivity contribution in [2.45, 2.75) is 38.3 Å². The maximum absolute atomic E-state index is 9.73. The fourth-order valence-corrected chi connectivity index (χ4v) is 3.76. The summed E-state index contributed by atoms with van der Waals surface area (Å²) in [6.07, 6.45) is 4.80. The third-order valence-electron chi connectivity index (χ3n) is 5.32. The first-order chi connectivity index (χ1) is 12.4. The molecular weight excluding hydrogens is 316 g/mol. The Morgan fingerprint density at radius 2 is 1.92 bits per heavy atom. The molecule has 0 aliphatic carbocycles. The van der Waals surface area contributed by atoms with Gasteiger partial charge in [0.25, 0.3) is 0 Å². The average Bonchev–Trinajstić information content (AvgIpc) is 2.89. The number of nitrogens with zero attached hydrogens (tertiary/aromatic N) is 2. The van der Waals surface area contributed by atoms with Crippen molar-refractivity contribution in [3.8, 4) is 5.75 Å². The van der Waals surface area contributed by atoms with Crippen molar-refractivity contribution in [1.82, 2.24) is 9.80 Å². The standard InChI is InChI=1S/C20H32N2O3/c23-17-19-7-2-1-5-9-22(19)16-18-6-3-4-8-20(18)25-15-12-21-10-13-24-14-11-21/h3-4,6,8,19,23H,1-2,5,7,9-17H2/t19-/m0/s1. The maximum Gasteiger partial charge on any atom is 0.123 e. The van der Waals surface area contributed by atoms with Crippen LogP contribution in [-0.2, 0) is 11.3 Å². The predicted octanol–water partition coefficient (Wildman–Crippen LogP) is 2.13. The molecule has 5 heteroatoms. The lowest BCUT2D eigenvalue weighted by Gasteiger charge is -2.29. The number of likely N-dealkylation sites (tertiary alicyclic amines) is 1. The second-order valence-corrected chi connectivity index (χ2v) is 7.07. The average molecular weight is 348 g/mol. The molecule has 0 spiro atoms. The molecule has 0 saturated carbocycles. The van der Waals surface area contributed by atoms with Gasteiger partial charge in [-0.15, -0.1) is 0 Å². The Labute approximate surface area is 151 Å². The highest BCUT2D eigenvalue weighted by molar-refractivity contribution is 5.33. The van der Waals surface area contributed by atoms with Crippen LogP contribution in [0.5, 0.6) is 5.75 Å². The molecule has 0 amide bonds. The van der Waals surface area contributed by atoms with E-state index in [1.54, 1.807) is 0 Å². The van der Waals surface area contributed by atoms with Crippen molar-refractivity contribution in [3.63, 3.8) is 0 Å². The third kappa shape index (κ3) is 5.68. The molecule has 2 fully saturated rings. The lowest BCUT2D eigenvalue weighted by atomic mass is 10.1. The SMILES string of the molecule is OC[C@@H]1CCCCCN1Cc1ccccc1OCCN1CCOCC1. The molecule has 5 nitrogen and oxygen atoms in total. The molecule has 0 radical (unpaired) electrons. The zero-order chi connectivity index (χ0) is 17.3. The number of para-hydroxylation sites is 1. The Kier molecular flexibility index (Phi) is 7.55. The first-order valence-corrected chi connectivity index (χ1v) is 9.72. The minimum absolute atomic E-state index is 0.250. The zero-order valence-electron chi connectivity index (χ0n) is 15.2. The van der Waals surface area contributed by atoms with Crippen molar-refractivity contribution in [2.75, 3.05) is 52.6 Å². The summed E-state index contributed by atoms with van der Waals surface area (Å²) >= 11 is 0. The summed E-state index contributed by atoms with van der Waals surface area (Å²) in [5, 5.41) is 9.73. The van der Waals surface area contributed by atoms with E-state index in [9.17, 15) is 5.11 Å². The van der Waals surface area contributed by atoms with Crippen LogP contribution in [-0.4, -0.2) is 73.6 Å². The molecule has 2 aliphatic heterocycles. The summed E-state index contributed by atoms with van der Waals surface area (Å²) in [5.41, 5.74) is 1.23. The molecule has 3 rings (SSSR count). The Morgan fingerprint density at radius 1 is 1.08 bits per heavy atom. The molecule has 2 aliphatic rings.